The molecule has 21 heavy (non-hydrogen) atoms. The van der Waals surface area contributed by atoms with E-state index in [-0.39, 0.29) is 11.6 Å². The normalized spacial score (nSPS) is 12.9. The molecule has 0 spiro atoms. The molecule has 4 nitrogen and oxygen atoms in total. The zero-order chi connectivity index (χ0) is 14.8. The zero-order valence-electron chi connectivity index (χ0n) is 12.0. The molecular weight excluding hydrogens is 282 g/mol. The average molecular weight is 299 g/mol. The first-order chi connectivity index (χ1) is 10.1. The van der Waals surface area contributed by atoms with Crippen LogP contribution in [0.1, 0.15) is 23.7 Å². The maximum absolute atomic E-state index is 12.1. The molecule has 2 heterocycles. The first kappa shape index (κ1) is 14.0. The van der Waals surface area contributed by atoms with Crippen LogP contribution in [0.3, 0.4) is 0 Å². The van der Waals surface area contributed by atoms with Gasteiger partial charge in [0.2, 0.25) is 0 Å². The smallest absolute Gasteiger partial charge is 0.258 e. The van der Waals surface area contributed by atoms with Gasteiger partial charge in [-0.15, -0.1) is 11.3 Å². The van der Waals surface area contributed by atoms with Crippen LogP contribution < -0.4 is 5.56 Å². The van der Waals surface area contributed by atoms with Gasteiger partial charge in [-0.25, -0.2) is 4.98 Å². The average Bonchev–Trinajstić information content (AvgIpc) is 2.99. The van der Waals surface area contributed by atoms with Crippen molar-refractivity contribution in [1.29, 1.82) is 0 Å². The Bertz CT molecular complexity index is 795. The third-order valence-electron chi connectivity index (χ3n) is 3.67. The van der Waals surface area contributed by atoms with E-state index < -0.39 is 0 Å². The molecule has 1 N–H and O–H groups in total. The number of nitrogens with one attached hydrogen (secondary N) is 1. The number of H-pyrrole nitrogens is 1. The zero-order valence-corrected chi connectivity index (χ0v) is 12.9. The molecule has 0 unspecified atom stereocenters. The molecule has 2 aromatic heterocycles. The number of fused-ring (bicyclic) bond motifs is 1. The Morgan fingerprint density at radius 1 is 1.29 bits per heavy atom. The Hall–Kier alpha value is -1.98. The van der Waals surface area contributed by atoms with E-state index in [0.29, 0.717) is 11.2 Å². The number of nitrogens with zero attached hydrogens (tertiary/aromatic N) is 2. The fraction of sp³-hybridized carbons (Fsp3) is 0.250. The van der Waals surface area contributed by atoms with Crippen molar-refractivity contribution in [3.8, 4) is 0 Å². The molecule has 0 saturated carbocycles. The van der Waals surface area contributed by atoms with Gasteiger partial charge >= 0.3 is 0 Å². The van der Waals surface area contributed by atoms with Crippen molar-refractivity contribution < 1.29 is 0 Å². The number of benzene rings is 1. The summed E-state index contributed by atoms with van der Waals surface area (Å²) in [4.78, 5) is 23.1. The van der Waals surface area contributed by atoms with E-state index in [1.54, 1.807) is 17.4 Å². The van der Waals surface area contributed by atoms with Gasteiger partial charge in [-0.3, -0.25) is 9.69 Å². The Balaban J connectivity index is 1.90. The number of hydrogen-bond donors (Lipinski definition) is 1. The second-order valence-corrected chi connectivity index (χ2v) is 6.17. The lowest BCUT2D eigenvalue weighted by Crippen LogP contribution is -2.25. The predicted molar refractivity (Wildman–Crippen MR) is 86.6 cm³/mol. The Morgan fingerprint density at radius 3 is 2.86 bits per heavy atom. The molecule has 0 radical (unpaired) electrons. The topological polar surface area (TPSA) is 49.0 Å². The molecule has 0 amide bonds. The summed E-state index contributed by atoms with van der Waals surface area (Å²) in [6.45, 7) is 2.90. The molecular formula is C16H17N3OS. The van der Waals surface area contributed by atoms with Crippen LogP contribution >= 0.6 is 11.3 Å². The van der Waals surface area contributed by atoms with Crippen LogP contribution in [0.2, 0.25) is 0 Å². The van der Waals surface area contributed by atoms with Crippen molar-refractivity contribution in [2.24, 2.45) is 0 Å². The lowest BCUT2D eigenvalue weighted by molar-refractivity contribution is 0.246. The van der Waals surface area contributed by atoms with E-state index in [2.05, 4.69) is 39.3 Å². The Morgan fingerprint density at radius 2 is 2.10 bits per heavy atom. The summed E-state index contributed by atoms with van der Waals surface area (Å²) in [5, 5.41) is 2.71. The van der Waals surface area contributed by atoms with E-state index in [0.717, 1.165) is 12.1 Å². The van der Waals surface area contributed by atoms with E-state index in [9.17, 15) is 4.79 Å². The highest BCUT2D eigenvalue weighted by Crippen LogP contribution is 2.20. The summed E-state index contributed by atoms with van der Waals surface area (Å²) in [5.41, 5.74) is 0.666. The van der Waals surface area contributed by atoms with Gasteiger partial charge in [0.05, 0.1) is 16.9 Å². The highest BCUT2D eigenvalue weighted by atomic mass is 32.1. The molecule has 0 fully saturated rings. The minimum atomic E-state index is -0.0769. The summed E-state index contributed by atoms with van der Waals surface area (Å²) in [5.74, 6) is 0.706. The van der Waals surface area contributed by atoms with Crippen LogP contribution in [0.4, 0.5) is 0 Å². The number of aromatic nitrogens is 2. The fourth-order valence-corrected chi connectivity index (χ4v) is 3.06. The van der Waals surface area contributed by atoms with Crippen molar-refractivity contribution in [1.82, 2.24) is 14.9 Å². The van der Waals surface area contributed by atoms with Crippen molar-refractivity contribution in [3.05, 3.63) is 62.8 Å². The lowest BCUT2D eigenvalue weighted by Gasteiger charge is -2.23. The van der Waals surface area contributed by atoms with E-state index in [1.807, 2.05) is 25.2 Å². The quantitative estimate of drug-likeness (QED) is 0.805. The Labute approximate surface area is 127 Å². The van der Waals surface area contributed by atoms with Gasteiger partial charge in [0.1, 0.15) is 5.82 Å². The van der Waals surface area contributed by atoms with Crippen LogP contribution in [0.25, 0.3) is 10.9 Å². The van der Waals surface area contributed by atoms with Crippen LogP contribution in [0.15, 0.2) is 46.6 Å². The SMILES string of the molecule is C[C@@H](c1nc2ccccc2c(=O)[nH]1)N(C)Cc1cccs1. The van der Waals surface area contributed by atoms with Crippen molar-refractivity contribution >= 4 is 22.2 Å². The van der Waals surface area contributed by atoms with Crippen LogP contribution in [-0.2, 0) is 6.54 Å². The molecule has 1 atom stereocenters. The Kier molecular flexibility index (Phi) is 3.86. The van der Waals surface area contributed by atoms with E-state index >= 15 is 0 Å². The van der Waals surface area contributed by atoms with Gasteiger partial charge in [0.25, 0.3) is 5.56 Å². The van der Waals surface area contributed by atoms with Crippen LogP contribution in [-0.4, -0.2) is 21.9 Å². The second-order valence-electron chi connectivity index (χ2n) is 5.14. The van der Waals surface area contributed by atoms with Gasteiger partial charge in [0.15, 0.2) is 0 Å². The second kappa shape index (κ2) is 5.79. The molecule has 0 aliphatic carbocycles. The number of hydrogen-bond acceptors (Lipinski definition) is 4. The molecule has 0 aliphatic heterocycles. The molecule has 5 heteroatoms. The number of rotatable bonds is 4. The van der Waals surface area contributed by atoms with Gasteiger partial charge in [-0.1, -0.05) is 18.2 Å². The van der Waals surface area contributed by atoms with Gasteiger partial charge in [-0.2, -0.15) is 0 Å². The molecule has 0 aliphatic rings. The van der Waals surface area contributed by atoms with Gasteiger partial charge in [-0.05, 0) is 37.6 Å². The van der Waals surface area contributed by atoms with E-state index in [1.165, 1.54) is 4.88 Å². The summed E-state index contributed by atoms with van der Waals surface area (Å²) < 4.78 is 0. The minimum Gasteiger partial charge on any atom is -0.309 e. The third-order valence-corrected chi connectivity index (χ3v) is 4.53. The van der Waals surface area contributed by atoms with Crippen LogP contribution in [0.5, 0.6) is 0 Å². The van der Waals surface area contributed by atoms with E-state index in [4.69, 9.17) is 0 Å². The van der Waals surface area contributed by atoms with Crippen molar-refractivity contribution in [2.75, 3.05) is 7.05 Å². The maximum Gasteiger partial charge on any atom is 0.258 e. The molecule has 108 valence electrons. The first-order valence-electron chi connectivity index (χ1n) is 6.87. The van der Waals surface area contributed by atoms with Crippen molar-refractivity contribution in [2.45, 2.75) is 19.5 Å². The lowest BCUT2D eigenvalue weighted by atomic mass is 10.2. The molecule has 3 aromatic rings. The minimum absolute atomic E-state index is 0.0457. The molecule has 1 aromatic carbocycles. The van der Waals surface area contributed by atoms with Gasteiger partial charge < -0.3 is 4.98 Å². The summed E-state index contributed by atoms with van der Waals surface area (Å²) >= 11 is 1.74. The predicted octanol–water partition coefficient (Wildman–Crippen LogP) is 3.18. The standard InChI is InChI=1S/C16H17N3OS/c1-11(19(2)10-12-6-5-9-21-12)15-17-14-8-4-3-7-13(14)16(20)18-15/h3-9,11H,10H2,1-2H3,(H,17,18,20)/t11-/m0/s1. The largest absolute Gasteiger partial charge is 0.309 e. The van der Waals surface area contributed by atoms with Gasteiger partial charge in [0, 0.05) is 11.4 Å². The monoisotopic (exact) mass is 299 g/mol. The van der Waals surface area contributed by atoms with Crippen LogP contribution in [0, 0.1) is 0 Å². The number of aromatic amines is 1. The maximum atomic E-state index is 12.1. The highest BCUT2D eigenvalue weighted by molar-refractivity contribution is 7.09. The number of para-hydroxylation sites is 1. The highest BCUT2D eigenvalue weighted by Gasteiger charge is 2.16. The summed E-state index contributed by atoms with van der Waals surface area (Å²) in [6, 6.07) is 11.6. The van der Waals surface area contributed by atoms with Crippen molar-refractivity contribution in [3.63, 3.8) is 0 Å². The fourth-order valence-electron chi connectivity index (χ4n) is 2.30. The molecule has 0 bridgehead atoms. The summed E-state index contributed by atoms with van der Waals surface area (Å²) in [7, 11) is 2.04. The number of thiophene rings is 1. The molecule has 3 rings (SSSR count). The third kappa shape index (κ3) is 2.89. The summed E-state index contributed by atoms with van der Waals surface area (Å²) in [6.07, 6.45) is 0. The first-order valence-corrected chi connectivity index (χ1v) is 7.74. The molecule has 0 saturated heterocycles.